The molecule has 6 aromatic rings. The van der Waals surface area contributed by atoms with E-state index < -0.39 is 8.25 Å². The van der Waals surface area contributed by atoms with Crippen molar-refractivity contribution >= 4 is 199 Å². The zero-order chi connectivity index (χ0) is 37.6. The third-order valence-electron chi connectivity index (χ3n) is 7.66. The average Bonchev–Trinajstić information content (AvgIpc) is 3.12. The Morgan fingerprint density at radius 2 is 0.615 bits per heavy atom. The minimum absolute atomic E-state index is 0.365. The van der Waals surface area contributed by atoms with E-state index in [9.17, 15) is 4.57 Å². The topological polar surface area (TPSA) is 35.5 Å². The summed E-state index contributed by atoms with van der Waals surface area (Å²) < 4.78 is 36.9. The van der Waals surface area contributed by atoms with Crippen LogP contribution in [0.1, 0.15) is 0 Å². The van der Waals surface area contributed by atoms with Crippen molar-refractivity contribution in [3.8, 4) is 56.0 Å². The molecule has 0 radical (unpaired) electrons. The molecule has 0 aliphatic heterocycles. The van der Waals surface area contributed by atoms with Gasteiger partial charge in [-0.15, -0.1) is 0 Å². The molecule has 3 nitrogen and oxygen atoms in total. The number of hydrogen-bond donors (Lipinski definition) is 0. The van der Waals surface area contributed by atoms with E-state index in [1.165, 1.54) is 0 Å². The first-order valence-corrected chi connectivity index (χ1v) is 25.0. The molecule has 0 saturated heterocycles. The summed E-state index contributed by atoms with van der Waals surface area (Å²) in [7, 11) is -2.77. The first kappa shape index (κ1) is 42.4. The van der Waals surface area contributed by atoms with Gasteiger partial charge in [-0.3, -0.25) is 0 Å². The maximum Gasteiger partial charge on any atom is 0.805 e. The van der Waals surface area contributed by atoms with E-state index in [-0.39, 0.29) is 0 Å². The summed E-state index contributed by atoms with van der Waals surface area (Å²) in [4.78, 5) is 0. The molecule has 0 saturated carbocycles. The van der Waals surface area contributed by atoms with Gasteiger partial charge in [-0.1, -0.05) is 48.5 Å². The summed E-state index contributed by atoms with van der Waals surface area (Å²) in [6.45, 7) is 0. The molecule has 0 heterocycles. The average molecular weight is 1480 g/mol. The Balaban J connectivity index is 1.51. The van der Waals surface area contributed by atoms with Crippen LogP contribution in [0.5, 0.6) is 11.5 Å². The highest BCUT2D eigenvalue weighted by Crippen LogP contribution is 2.53. The van der Waals surface area contributed by atoms with Crippen molar-refractivity contribution in [3.63, 3.8) is 0 Å². The number of halogens is 12. The second-order valence-corrected chi connectivity index (χ2v) is 21.2. The van der Waals surface area contributed by atoms with Gasteiger partial charge in [-0.2, -0.15) is 0 Å². The van der Waals surface area contributed by atoms with Crippen LogP contribution in [0.25, 0.3) is 44.5 Å². The lowest BCUT2D eigenvalue weighted by atomic mass is 9.94. The van der Waals surface area contributed by atoms with Crippen molar-refractivity contribution in [2.75, 3.05) is 0 Å². The summed E-state index contributed by atoms with van der Waals surface area (Å²) in [5.74, 6) is 0.730. The first-order chi connectivity index (χ1) is 24.7. The SMILES string of the molecule is O=[P+](Oc1cccc(-c2ccc(Br)c(Br)c2Br)c1-c1ccc(Br)c(Br)c1Br)Oc1cccc(-c2ccc(Br)c(Br)c2Br)c1-c1ccc(Br)c(Br)c1Br. The second-order valence-electron chi connectivity index (χ2n) is 10.7. The van der Waals surface area contributed by atoms with Gasteiger partial charge in [0.05, 0.1) is 0 Å². The fourth-order valence-electron chi connectivity index (χ4n) is 5.30. The molecule has 0 aliphatic carbocycles. The van der Waals surface area contributed by atoms with E-state index in [0.717, 1.165) is 87.1 Å². The van der Waals surface area contributed by atoms with Gasteiger partial charge in [-0.05, 0) is 250 Å². The summed E-state index contributed by atoms with van der Waals surface area (Å²) >= 11 is 44.3. The molecule has 16 heteroatoms. The number of rotatable bonds is 8. The van der Waals surface area contributed by atoms with Gasteiger partial charge in [0.1, 0.15) is 0 Å². The Morgan fingerprint density at radius 3 is 0.942 bits per heavy atom. The van der Waals surface area contributed by atoms with Gasteiger partial charge in [0.15, 0.2) is 11.5 Å². The van der Waals surface area contributed by atoms with E-state index in [1.807, 2.05) is 72.8 Å². The van der Waals surface area contributed by atoms with Crippen LogP contribution in [0.4, 0.5) is 0 Å². The lowest BCUT2D eigenvalue weighted by Crippen LogP contribution is -1.97. The standard InChI is InChI=1S/C36H14Br12O3P/c37-21-11-7-17(29(41)33(21)45)15-3-1-5-25(27(15)19-9-13-23(39)35(47)31(19)43)50-52(49)51-26-6-2-4-16(18-8-12-22(38)34(46)30(18)42)28(26)20-10-14-24(40)36(48)32(20)44/h1-14H/q+1. The smallest absolute Gasteiger partial charge is 0.221 e. The highest BCUT2D eigenvalue weighted by molar-refractivity contribution is 9.15. The molecule has 0 amide bonds. The summed E-state index contributed by atoms with van der Waals surface area (Å²) in [6.07, 6.45) is 0. The lowest BCUT2D eigenvalue weighted by Gasteiger charge is -2.17. The van der Waals surface area contributed by atoms with E-state index in [4.69, 9.17) is 9.05 Å². The van der Waals surface area contributed by atoms with Crippen LogP contribution in [0.3, 0.4) is 0 Å². The highest BCUT2D eigenvalue weighted by Gasteiger charge is 2.32. The molecule has 52 heavy (non-hydrogen) atoms. The molecule has 0 aromatic heterocycles. The predicted molar refractivity (Wildman–Crippen MR) is 256 cm³/mol. The lowest BCUT2D eigenvalue weighted by molar-refractivity contribution is 0.417. The van der Waals surface area contributed by atoms with Gasteiger partial charge < -0.3 is 0 Å². The van der Waals surface area contributed by atoms with Crippen LogP contribution in [0.15, 0.2) is 139 Å². The highest BCUT2D eigenvalue weighted by atomic mass is 79.9. The third kappa shape index (κ3) is 8.63. The molecule has 0 fully saturated rings. The van der Waals surface area contributed by atoms with Crippen LogP contribution in [0, 0.1) is 0 Å². The van der Waals surface area contributed by atoms with Crippen molar-refractivity contribution in [2.24, 2.45) is 0 Å². The monoisotopic (exact) mass is 1470 g/mol. The molecular formula is C36H14Br12O3P+. The van der Waals surface area contributed by atoms with Gasteiger partial charge in [0.2, 0.25) is 0 Å². The fourth-order valence-corrected chi connectivity index (χ4v) is 11.9. The van der Waals surface area contributed by atoms with Crippen LogP contribution in [0.2, 0.25) is 0 Å². The van der Waals surface area contributed by atoms with Gasteiger partial charge >= 0.3 is 8.25 Å². The van der Waals surface area contributed by atoms with Crippen molar-refractivity contribution in [3.05, 3.63) is 139 Å². The van der Waals surface area contributed by atoms with Gasteiger partial charge in [0.25, 0.3) is 0 Å². The fraction of sp³-hybridized carbons (Fsp3) is 0. The Bertz CT molecular complexity index is 2270. The predicted octanol–water partition coefficient (Wildman–Crippen LogP) is 19.6. The minimum Gasteiger partial charge on any atom is -0.221 e. The van der Waals surface area contributed by atoms with Crippen molar-refractivity contribution in [1.29, 1.82) is 0 Å². The zero-order valence-electron chi connectivity index (χ0n) is 25.3. The van der Waals surface area contributed by atoms with Crippen LogP contribution >= 0.6 is 199 Å². The quantitative estimate of drug-likeness (QED) is 0.113. The zero-order valence-corrected chi connectivity index (χ0v) is 45.2. The van der Waals surface area contributed by atoms with E-state index in [1.54, 1.807) is 12.1 Å². The largest absolute Gasteiger partial charge is 0.805 e. The van der Waals surface area contributed by atoms with Crippen molar-refractivity contribution in [2.45, 2.75) is 0 Å². The Kier molecular flexibility index (Phi) is 14.8. The Hall–Kier alpha value is 0.780. The molecule has 0 atom stereocenters. The van der Waals surface area contributed by atoms with Gasteiger partial charge in [-0.25, -0.2) is 9.05 Å². The van der Waals surface area contributed by atoms with Crippen LogP contribution in [-0.2, 0) is 4.57 Å². The second kappa shape index (κ2) is 18.1. The molecule has 6 aromatic carbocycles. The molecule has 0 aliphatic rings. The number of benzene rings is 6. The molecule has 6 rings (SSSR count). The van der Waals surface area contributed by atoms with E-state index >= 15 is 0 Å². The molecule has 0 N–H and O–H groups in total. The summed E-state index contributed by atoms with van der Waals surface area (Å²) in [5, 5.41) is 0. The Labute approximate surface area is 401 Å². The van der Waals surface area contributed by atoms with Crippen molar-refractivity contribution < 1.29 is 13.6 Å². The number of hydrogen-bond acceptors (Lipinski definition) is 3. The molecule has 0 spiro atoms. The molecular weight excluding hydrogens is 1470 g/mol. The van der Waals surface area contributed by atoms with Gasteiger partial charge in [0, 0.05) is 80.5 Å². The maximum absolute atomic E-state index is 14.2. The maximum atomic E-state index is 14.2. The normalized spacial score (nSPS) is 11.2. The molecule has 0 unspecified atom stereocenters. The summed E-state index contributed by atoms with van der Waals surface area (Å²) in [5.41, 5.74) is 6.51. The van der Waals surface area contributed by atoms with E-state index in [2.05, 4.69) is 191 Å². The van der Waals surface area contributed by atoms with Crippen molar-refractivity contribution in [1.82, 2.24) is 0 Å². The summed E-state index contributed by atoms with van der Waals surface area (Å²) in [6, 6.07) is 27.1. The minimum atomic E-state index is -2.77. The third-order valence-corrected chi connectivity index (χ3v) is 21.8. The molecule has 264 valence electrons. The van der Waals surface area contributed by atoms with Crippen LogP contribution < -0.4 is 9.05 Å². The Morgan fingerprint density at radius 1 is 0.327 bits per heavy atom. The molecule has 0 bridgehead atoms. The van der Waals surface area contributed by atoms with E-state index in [0.29, 0.717) is 22.6 Å². The first-order valence-electron chi connectivity index (χ1n) is 14.4. The van der Waals surface area contributed by atoms with Crippen LogP contribution in [-0.4, -0.2) is 0 Å².